The summed E-state index contributed by atoms with van der Waals surface area (Å²) in [7, 11) is 0.612. The van der Waals surface area contributed by atoms with Crippen LogP contribution in [-0.4, -0.2) is 96.2 Å². The van der Waals surface area contributed by atoms with E-state index in [0.29, 0.717) is 0 Å². The Labute approximate surface area is 201 Å². The molecule has 0 radical (unpaired) electrons. The van der Waals surface area contributed by atoms with Crippen LogP contribution in [0.15, 0.2) is 0 Å². The Morgan fingerprint density at radius 1 is 0.657 bits per heavy atom. The molecule has 0 heterocycles. The molecule has 0 aliphatic carbocycles. The Hall–Kier alpha value is -0.416. The summed E-state index contributed by atoms with van der Waals surface area (Å²) in [6.45, 7) is -2.30. The van der Waals surface area contributed by atoms with Gasteiger partial charge in [-0.25, -0.2) is 9.13 Å². The molecule has 0 saturated heterocycles. The molecule has 0 aliphatic heterocycles. The van der Waals surface area contributed by atoms with Crippen molar-refractivity contribution in [3.8, 4) is 0 Å². The van der Waals surface area contributed by atoms with E-state index < -0.39 is 74.1 Å². The zero-order valence-electron chi connectivity index (χ0n) is 20.3. The Balaban J connectivity index is 5.98. The van der Waals surface area contributed by atoms with Crippen LogP contribution in [0.25, 0.3) is 0 Å². The highest BCUT2D eigenvalue weighted by molar-refractivity contribution is 6.60. The fourth-order valence-corrected chi connectivity index (χ4v) is 6.77. The maximum atomic E-state index is 15.0. The third kappa shape index (κ3) is 8.83. The summed E-state index contributed by atoms with van der Waals surface area (Å²) in [5.41, 5.74) is -3.60. The third-order valence-corrected chi connectivity index (χ3v) is 11.1. The van der Waals surface area contributed by atoms with Crippen LogP contribution in [0.4, 0.5) is 30.7 Å². The minimum absolute atomic E-state index is 0.185. The highest BCUT2D eigenvalue weighted by atomic mass is 28.4. The number of rotatable bonds is 20. The molecular formula is C17H33F7O9Si2. The molecule has 1 N–H and O–H groups in total. The fraction of sp³-hybridized carbons (Fsp3) is 1.00. The first-order valence-electron chi connectivity index (χ1n) is 10.1. The highest BCUT2D eigenvalue weighted by Gasteiger charge is 2.72. The molecule has 0 atom stereocenters. The zero-order chi connectivity index (χ0) is 27.6. The van der Waals surface area contributed by atoms with Crippen LogP contribution in [0.3, 0.4) is 0 Å². The van der Waals surface area contributed by atoms with Crippen molar-refractivity contribution in [3.05, 3.63) is 0 Å². The van der Waals surface area contributed by atoms with E-state index in [0.717, 1.165) is 0 Å². The van der Waals surface area contributed by atoms with Crippen LogP contribution in [0.5, 0.6) is 0 Å². The van der Waals surface area contributed by atoms with Crippen LogP contribution < -0.4 is 0 Å². The molecule has 35 heavy (non-hydrogen) atoms. The van der Waals surface area contributed by atoms with Gasteiger partial charge < -0.3 is 31.7 Å². The lowest BCUT2D eigenvalue weighted by Gasteiger charge is -2.40. The van der Waals surface area contributed by atoms with Gasteiger partial charge in [0, 0.05) is 54.7 Å². The predicted octanol–water partition coefficient (Wildman–Crippen LogP) is 3.77. The van der Waals surface area contributed by atoms with E-state index in [4.69, 9.17) is 26.6 Å². The lowest BCUT2D eigenvalue weighted by atomic mass is 9.85. The maximum absolute atomic E-state index is 15.0. The Morgan fingerprint density at radius 3 is 1.29 bits per heavy atom. The number of aliphatic hydroxyl groups is 1. The predicted molar refractivity (Wildman–Crippen MR) is 110 cm³/mol. The van der Waals surface area contributed by atoms with E-state index in [-0.39, 0.29) is 12.1 Å². The van der Waals surface area contributed by atoms with E-state index in [1.54, 1.807) is 0 Å². The number of ether oxygens (including phenoxy) is 2. The fourth-order valence-electron chi connectivity index (χ4n) is 3.32. The van der Waals surface area contributed by atoms with E-state index in [2.05, 4.69) is 9.47 Å². The molecule has 18 heteroatoms. The summed E-state index contributed by atoms with van der Waals surface area (Å²) in [6.07, 6.45) is -14.3. The lowest BCUT2D eigenvalue weighted by molar-refractivity contribution is -0.512. The van der Waals surface area contributed by atoms with Crippen molar-refractivity contribution < 1.29 is 71.9 Å². The summed E-state index contributed by atoms with van der Waals surface area (Å²) < 4.78 is 134. The summed E-state index contributed by atoms with van der Waals surface area (Å²) in [4.78, 5) is 0. The van der Waals surface area contributed by atoms with Gasteiger partial charge in [-0.05, 0) is 25.7 Å². The van der Waals surface area contributed by atoms with E-state index in [1.807, 2.05) is 0 Å². The van der Waals surface area contributed by atoms with Crippen molar-refractivity contribution in [2.24, 2.45) is 0 Å². The molecule has 0 fully saturated rings. The number of hydrogen-bond donors (Lipinski definition) is 1. The highest BCUT2D eigenvalue weighted by Crippen LogP contribution is 2.50. The van der Waals surface area contributed by atoms with Crippen LogP contribution >= 0.6 is 0 Å². The van der Waals surface area contributed by atoms with E-state index in [1.165, 1.54) is 42.7 Å². The first kappa shape index (κ1) is 34.6. The van der Waals surface area contributed by atoms with Gasteiger partial charge in [-0.3, -0.25) is 4.74 Å². The average molecular weight is 571 g/mol. The largest absolute Gasteiger partial charge is 0.500 e. The van der Waals surface area contributed by atoms with Crippen LogP contribution in [0, 0.1) is 0 Å². The van der Waals surface area contributed by atoms with Crippen molar-refractivity contribution >= 4 is 17.6 Å². The number of alkyl halides is 7. The zero-order valence-corrected chi connectivity index (χ0v) is 22.3. The Bertz CT molecular complexity index is 570. The molecule has 9 nitrogen and oxygen atoms in total. The van der Waals surface area contributed by atoms with Crippen molar-refractivity contribution in [3.63, 3.8) is 0 Å². The van der Waals surface area contributed by atoms with Crippen molar-refractivity contribution in [2.75, 3.05) is 49.5 Å². The van der Waals surface area contributed by atoms with Crippen molar-refractivity contribution in [2.45, 2.75) is 61.7 Å². The van der Waals surface area contributed by atoms with Gasteiger partial charge in [0.2, 0.25) is 0 Å². The first-order valence-corrected chi connectivity index (χ1v) is 14.0. The smallest absolute Gasteiger partial charge is 0.383 e. The van der Waals surface area contributed by atoms with Gasteiger partial charge in [0.05, 0.1) is 0 Å². The summed E-state index contributed by atoms with van der Waals surface area (Å²) >= 11 is 0. The summed E-state index contributed by atoms with van der Waals surface area (Å²) in [5.74, 6) is -5.60. The van der Waals surface area contributed by atoms with E-state index >= 15 is 0 Å². The van der Waals surface area contributed by atoms with Gasteiger partial charge in [-0.1, -0.05) is 0 Å². The second-order valence-electron chi connectivity index (χ2n) is 7.24. The Morgan fingerprint density at radius 2 is 1.00 bits per heavy atom. The quantitative estimate of drug-likeness (QED) is 0.133. The molecule has 0 unspecified atom stereocenters. The molecule has 0 amide bonds. The first-order chi connectivity index (χ1) is 16.0. The topological polar surface area (TPSA) is 94.1 Å². The number of hydrogen-bond acceptors (Lipinski definition) is 9. The average Bonchev–Trinajstić information content (AvgIpc) is 2.79. The SMILES string of the molecule is CO[Si](CCCC(O)(CCC[Si](OC)(OC)OC)C(F)(F)C(F)(F)OC(F)(F)OCF)(OC)OC. The van der Waals surface area contributed by atoms with Gasteiger partial charge in [-0.2, -0.15) is 17.6 Å². The minimum Gasteiger partial charge on any atom is -0.383 e. The third-order valence-electron chi connectivity index (χ3n) is 5.43. The molecule has 0 rings (SSSR count). The second kappa shape index (κ2) is 13.9. The molecule has 0 aliphatic rings. The molecule has 0 aromatic rings. The van der Waals surface area contributed by atoms with Gasteiger partial charge in [0.1, 0.15) is 5.60 Å². The second-order valence-corrected chi connectivity index (χ2v) is 13.4. The van der Waals surface area contributed by atoms with Crippen LogP contribution in [-0.2, 0) is 36.0 Å². The molecule has 0 aromatic heterocycles. The van der Waals surface area contributed by atoms with Gasteiger partial charge in [0.25, 0.3) is 0 Å². The van der Waals surface area contributed by atoms with Crippen molar-refractivity contribution in [1.29, 1.82) is 0 Å². The molecular weight excluding hydrogens is 537 g/mol. The van der Waals surface area contributed by atoms with E-state index in [9.17, 15) is 35.8 Å². The lowest BCUT2D eigenvalue weighted by Crippen LogP contribution is -2.61. The monoisotopic (exact) mass is 570 g/mol. The molecule has 0 spiro atoms. The maximum Gasteiger partial charge on any atom is 0.500 e. The molecule has 0 bridgehead atoms. The van der Waals surface area contributed by atoms with Gasteiger partial charge in [0.15, 0.2) is 6.86 Å². The number of halogens is 7. The molecule has 0 saturated carbocycles. The molecule has 0 aromatic carbocycles. The molecule has 212 valence electrons. The van der Waals surface area contributed by atoms with Gasteiger partial charge >= 0.3 is 35.9 Å². The standard InChI is InChI=1S/C17H33F7O9Si2/c1-26-34(27-2,28-3)11-7-9-14(25,10-8-12-35(29-4,30-5)31-6)15(19,20)16(21,22)33-17(23,24)32-13-18/h25H,7-13H2,1-6H3. The van der Waals surface area contributed by atoms with Crippen LogP contribution in [0.1, 0.15) is 25.7 Å². The summed E-state index contributed by atoms with van der Waals surface area (Å²) in [6, 6.07) is -0.370. The minimum atomic E-state index is -5.98. The summed E-state index contributed by atoms with van der Waals surface area (Å²) in [5, 5.41) is 10.7. The normalized spacial score (nSPS) is 14.6. The van der Waals surface area contributed by atoms with Gasteiger partial charge in [-0.15, -0.1) is 8.78 Å². The van der Waals surface area contributed by atoms with Crippen LogP contribution in [0.2, 0.25) is 12.1 Å². The van der Waals surface area contributed by atoms with Crippen molar-refractivity contribution in [1.82, 2.24) is 0 Å². The Kier molecular flexibility index (Phi) is 13.8.